The zero-order valence-corrected chi connectivity index (χ0v) is 16.0. The number of oxime groups is 1. The van der Waals surface area contributed by atoms with Gasteiger partial charge in [-0.25, -0.2) is 14.6 Å². The molecule has 11 nitrogen and oxygen atoms in total. The van der Waals surface area contributed by atoms with Crippen molar-refractivity contribution in [1.29, 1.82) is 0 Å². The van der Waals surface area contributed by atoms with Gasteiger partial charge in [0, 0.05) is 11.1 Å². The number of fused-ring (bicyclic) bond motifs is 1. The van der Waals surface area contributed by atoms with Gasteiger partial charge in [0.25, 0.3) is 11.8 Å². The maximum Gasteiger partial charge on any atom is 0.352 e. The van der Waals surface area contributed by atoms with Crippen molar-refractivity contribution < 1.29 is 34.2 Å². The predicted molar refractivity (Wildman–Crippen MR) is 97.6 cm³/mol. The molecule has 0 radical (unpaired) electrons. The molecule has 3 rings (SSSR count). The third-order valence-electron chi connectivity index (χ3n) is 3.88. The van der Waals surface area contributed by atoms with Crippen LogP contribution in [0.5, 0.6) is 0 Å². The Morgan fingerprint density at radius 1 is 1.43 bits per heavy atom. The largest absolute Gasteiger partial charge is 0.479 e. The van der Waals surface area contributed by atoms with E-state index in [4.69, 9.17) is 5.11 Å². The first-order chi connectivity index (χ1) is 13.3. The van der Waals surface area contributed by atoms with Gasteiger partial charge in [-0.15, -0.1) is 23.1 Å². The molecule has 0 spiro atoms. The second kappa shape index (κ2) is 7.98. The zero-order chi connectivity index (χ0) is 20.4. The summed E-state index contributed by atoms with van der Waals surface area (Å²) in [5.74, 6) is -3.39. The normalized spacial score (nSPS) is 21.7. The number of aliphatic carboxylic acids is 2. The molecule has 148 valence electrons. The topological polar surface area (TPSA) is 158 Å². The standard InChI is InChI=1S/C15H14N4O7S2/c1-6-3-28-14-10(13(23)19(14)11(6)15(24)25)17-12(22)9(7-4-27-5-16-7)18-26-2-8(20)21/h4-5,10,14H,2-3H2,1H3,(H,17,22)(H,20,21)(H,24,25)/t10?,14-/m0/s1. The SMILES string of the molecule is CC1=C(C(=O)O)N2C(=O)C(NC(=O)C(=NOCC(=O)O)c3cscn3)[C@@H]2SC1. The lowest BCUT2D eigenvalue weighted by atomic mass is 10.0. The lowest BCUT2D eigenvalue weighted by molar-refractivity contribution is -0.150. The Kier molecular flexibility index (Phi) is 5.65. The van der Waals surface area contributed by atoms with E-state index in [9.17, 15) is 24.3 Å². The predicted octanol–water partition coefficient (Wildman–Crippen LogP) is -0.293. The molecular formula is C15H14N4O7S2. The Morgan fingerprint density at radius 2 is 2.18 bits per heavy atom. The number of nitrogens with one attached hydrogen (secondary N) is 1. The van der Waals surface area contributed by atoms with E-state index >= 15 is 0 Å². The van der Waals surface area contributed by atoms with Gasteiger partial charge >= 0.3 is 11.9 Å². The number of hydrogen-bond acceptors (Lipinski definition) is 9. The summed E-state index contributed by atoms with van der Waals surface area (Å²) in [7, 11) is 0. The average Bonchev–Trinajstić information content (AvgIpc) is 3.16. The summed E-state index contributed by atoms with van der Waals surface area (Å²) in [5, 5.41) is 25.0. The quantitative estimate of drug-likeness (QED) is 0.302. The number of thiazole rings is 1. The van der Waals surface area contributed by atoms with Crippen LogP contribution >= 0.6 is 23.1 Å². The van der Waals surface area contributed by atoms with E-state index in [1.165, 1.54) is 34.0 Å². The van der Waals surface area contributed by atoms with Gasteiger partial charge < -0.3 is 20.4 Å². The van der Waals surface area contributed by atoms with Crippen LogP contribution in [0, 0.1) is 0 Å². The van der Waals surface area contributed by atoms with Crippen LogP contribution in [0.1, 0.15) is 12.6 Å². The molecule has 1 aromatic heterocycles. The first kappa shape index (κ1) is 19.8. The van der Waals surface area contributed by atoms with E-state index in [0.717, 1.165) is 4.90 Å². The van der Waals surface area contributed by atoms with Crippen molar-refractivity contribution in [3.63, 3.8) is 0 Å². The summed E-state index contributed by atoms with van der Waals surface area (Å²) in [6.45, 7) is 0.889. The van der Waals surface area contributed by atoms with Crippen LogP contribution in [0.4, 0.5) is 0 Å². The van der Waals surface area contributed by atoms with Gasteiger partial charge in [0.15, 0.2) is 5.71 Å². The number of hydrogen-bond donors (Lipinski definition) is 3. The zero-order valence-electron chi connectivity index (χ0n) is 14.3. The van der Waals surface area contributed by atoms with Crippen LogP contribution in [0.3, 0.4) is 0 Å². The van der Waals surface area contributed by atoms with E-state index in [1.54, 1.807) is 6.92 Å². The Hall–Kier alpha value is -2.93. The number of aromatic nitrogens is 1. The number of carbonyl (C=O) groups is 4. The highest BCUT2D eigenvalue weighted by atomic mass is 32.2. The van der Waals surface area contributed by atoms with Gasteiger partial charge in [-0.3, -0.25) is 14.5 Å². The maximum absolute atomic E-state index is 12.6. The van der Waals surface area contributed by atoms with Gasteiger partial charge in [-0.2, -0.15) is 0 Å². The smallest absolute Gasteiger partial charge is 0.352 e. The van der Waals surface area contributed by atoms with Crippen molar-refractivity contribution in [1.82, 2.24) is 15.2 Å². The fourth-order valence-corrected chi connectivity index (χ4v) is 4.50. The van der Waals surface area contributed by atoms with Crippen molar-refractivity contribution in [2.24, 2.45) is 5.16 Å². The summed E-state index contributed by atoms with van der Waals surface area (Å²) in [6.07, 6.45) is 0. The van der Waals surface area contributed by atoms with E-state index < -0.39 is 41.8 Å². The lowest BCUT2D eigenvalue weighted by Crippen LogP contribution is -2.71. The number of carboxylic acid groups (broad SMARTS) is 2. The summed E-state index contributed by atoms with van der Waals surface area (Å²) < 4.78 is 0. The van der Waals surface area contributed by atoms with Gasteiger partial charge in [-0.1, -0.05) is 5.16 Å². The van der Waals surface area contributed by atoms with Crippen LogP contribution < -0.4 is 5.32 Å². The first-order valence-electron chi connectivity index (χ1n) is 7.80. The van der Waals surface area contributed by atoms with Gasteiger partial charge in [-0.05, 0) is 12.5 Å². The lowest BCUT2D eigenvalue weighted by Gasteiger charge is -2.49. The highest BCUT2D eigenvalue weighted by Gasteiger charge is 2.54. The summed E-state index contributed by atoms with van der Waals surface area (Å²) in [5.41, 5.74) is 1.83. The highest BCUT2D eigenvalue weighted by molar-refractivity contribution is 8.00. The van der Waals surface area contributed by atoms with Gasteiger partial charge in [0.1, 0.15) is 22.8 Å². The maximum atomic E-state index is 12.6. The fraction of sp³-hybridized carbons (Fsp3) is 0.333. The summed E-state index contributed by atoms with van der Waals surface area (Å²) in [4.78, 5) is 56.8. The van der Waals surface area contributed by atoms with Gasteiger partial charge in [0.2, 0.25) is 6.61 Å². The minimum atomic E-state index is -1.27. The molecule has 3 heterocycles. The molecule has 2 aliphatic rings. The van der Waals surface area contributed by atoms with Crippen LogP contribution in [-0.4, -0.2) is 73.3 Å². The number of β-lactam (4-membered cyclic amide) rings is 1. The number of thioether (sulfide) groups is 1. The van der Waals surface area contributed by atoms with Crippen molar-refractivity contribution in [3.05, 3.63) is 27.9 Å². The van der Waals surface area contributed by atoms with Gasteiger partial charge in [0.05, 0.1) is 5.51 Å². The molecule has 2 aliphatic heterocycles. The van der Waals surface area contributed by atoms with E-state index in [0.29, 0.717) is 11.3 Å². The van der Waals surface area contributed by atoms with E-state index in [-0.39, 0.29) is 17.1 Å². The summed E-state index contributed by atoms with van der Waals surface area (Å²) >= 11 is 2.53. The molecule has 0 aromatic carbocycles. The minimum absolute atomic E-state index is 0.0718. The second-order valence-corrected chi connectivity index (χ2v) is 7.60. The molecule has 1 aromatic rings. The molecule has 0 saturated carbocycles. The molecule has 2 atom stereocenters. The molecular weight excluding hydrogens is 412 g/mol. The Bertz CT molecular complexity index is 896. The monoisotopic (exact) mass is 426 g/mol. The van der Waals surface area contributed by atoms with Crippen LogP contribution in [0.15, 0.2) is 27.3 Å². The molecule has 2 amide bonds. The average molecular weight is 426 g/mol. The van der Waals surface area contributed by atoms with E-state index in [2.05, 4.69) is 20.3 Å². The van der Waals surface area contributed by atoms with Crippen LogP contribution in [0.2, 0.25) is 0 Å². The molecule has 1 saturated heterocycles. The van der Waals surface area contributed by atoms with Crippen LogP contribution in [0.25, 0.3) is 0 Å². The summed E-state index contributed by atoms with van der Waals surface area (Å²) in [6, 6.07) is -0.941. The molecule has 1 fully saturated rings. The minimum Gasteiger partial charge on any atom is -0.479 e. The number of amides is 2. The number of rotatable bonds is 7. The van der Waals surface area contributed by atoms with Crippen molar-refractivity contribution in [3.8, 4) is 0 Å². The third-order valence-corrected chi connectivity index (χ3v) is 5.89. The van der Waals surface area contributed by atoms with Crippen molar-refractivity contribution >= 4 is 52.6 Å². The number of nitrogens with zero attached hydrogens (tertiary/aromatic N) is 3. The fourth-order valence-electron chi connectivity index (χ4n) is 2.67. The molecule has 13 heteroatoms. The Balaban J connectivity index is 1.76. The van der Waals surface area contributed by atoms with E-state index in [1.807, 2.05) is 0 Å². The van der Waals surface area contributed by atoms with Crippen molar-refractivity contribution in [2.75, 3.05) is 12.4 Å². The molecule has 3 N–H and O–H groups in total. The third kappa shape index (κ3) is 3.71. The Labute approximate surface area is 166 Å². The van der Waals surface area contributed by atoms with Crippen LogP contribution in [-0.2, 0) is 24.0 Å². The molecule has 28 heavy (non-hydrogen) atoms. The molecule has 0 aliphatic carbocycles. The number of carboxylic acids is 2. The number of carbonyl (C=O) groups excluding carboxylic acids is 2. The Morgan fingerprint density at radius 3 is 2.79 bits per heavy atom. The first-order valence-corrected chi connectivity index (χ1v) is 9.79. The highest BCUT2D eigenvalue weighted by Crippen LogP contribution is 2.40. The van der Waals surface area contributed by atoms with Crippen molar-refractivity contribution in [2.45, 2.75) is 18.3 Å². The molecule has 0 bridgehead atoms. The second-order valence-electron chi connectivity index (χ2n) is 5.78. The molecule has 1 unspecified atom stereocenters.